The molecule has 2 fully saturated rings. The molecule has 9 atom stereocenters. The van der Waals surface area contributed by atoms with Crippen LogP contribution in [-0.4, -0.2) is 107 Å². The van der Waals surface area contributed by atoms with E-state index in [1.165, 1.54) is 0 Å². The summed E-state index contributed by atoms with van der Waals surface area (Å²) in [4.78, 5) is 34.9. The van der Waals surface area contributed by atoms with Crippen molar-refractivity contribution < 1.29 is 67.1 Å². The summed E-state index contributed by atoms with van der Waals surface area (Å²) in [5.41, 5.74) is -0.155. The van der Waals surface area contributed by atoms with Crippen LogP contribution in [0.5, 0.6) is 0 Å². The zero-order valence-electron chi connectivity index (χ0n) is 28.1. The zero-order chi connectivity index (χ0) is 35.3. The molecule has 15 nitrogen and oxygen atoms in total. The molecule has 48 heavy (non-hydrogen) atoms. The highest BCUT2D eigenvalue weighted by atomic mass is 31.2. The Hall–Kier alpha value is -2.17. The number of hydrogen-bond acceptors (Lipinski definition) is 13. The fourth-order valence-corrected chi connectivity index (χ4v) is 6.63. The number of aliphatic hydroxyl groups excluding tert-OH is 3. The van der Waals surface area contributed by atoms with Gasteiger partial charge in [-0.1, -0.05) is 37.3 Å². The number of carbonyl (C=O) groups is 2. The topological polar surface area (TPSA) is 209 Å². The molecule has 2 heterocycles. The van der Waals surface area contributed by atoms with Crippen molar-refractivity contribution in [3.05, 3.63) is 35.9 Å². The standard InChI is InChI=1S/C32H52NO14P/c1-21-28(36)29(37)25(18-34)45-30(21)41-16-9-8-14-27(35)33-15-10-13-23-17-24(46-48(39,40)47-32(2,3)4)26(44-23)20-43-31(38)42-19-22-11-6-5-7-12-22/h5-7,11-12,21,23-26,28-30,34,36-37H,8-10,13-20H2,1-4H3,(H,33,35)(H,39,40)/t21-,23+,24?,25-,26-,28-,29+,30-/m1/s1. The third-order valence-electron chi connectivity index (χ3n) is 7.79. The van der Waals surface area contributed by atoms with Gasteiger partial charge in [0.2, 0.25) is 5.91 Å². The molecule has 0 radical (unpaired) electrons. The molecule has 0 bridgehead atoms. The smallest absolute Gasteiger partial charge is 0.431 e. The number of benzene rings is 1. The molecule has 16 heteroatoms. The van der Waals surface area contributed by atoms with Crippen LogP contribution in [0.15, 0.2) is 30.3 Å². The first-order valence-electron chi connectivity index (χ1n) is 16.4. The van der Waals surface area contributed by atoms with Crippen LogP contribution in [0.3, 0.4) is 0 Å². The van der Waals surface area contributed by atoms with Gasteiger partial charge < -0.3 is 49.2 Å². The van der Waals surface area contributed by atoms with Crippen LogP contribution < -0.4 is 5.32 Å². The van der Waals surface area contributed by atoms with Crippen molar-refractivity contribution in [2.75, 3.05) is 26.4 Å². The van der Waals surface area contributed by atoms with Gasteiger partial charge in [0, 0.05) is 31.9 Å². The zero-order valence-corrected chi connectivity index (χ0v) is 29.0. The van der Waals surface area contributed by atoms with Crippen molar-refractivity contribution in [1.82, 2.24) is 5.32 Å². The number of rotatable bonds is 18. The number of hydrogen-bond donors (Lipinski definition) is 5. The highest BCUT2D eigenvalue weighted by molar-refractivity contribution is 7.47. The van der Waals surface area contributed by atoms with Crippen molar-refractivity contribution in [3.63, 3.8) is 0 Å². The van der Waals surface area contributed by atoms with Crippen LogP contribution >= 0.6 is 7.82 Å². The molecule has 0 saturated carbocycles. The van der Waals surface area contributed by atoms with Gasteiger partial charge in [-0.25, -0.2) is 9.36 Å². The number of carbonyl (C=O) groups excluding carboxylic acids is 2. The van der Waals surface area contributed by atoms with E-state index in [1.807, 2.05) is 18.2 Å². The lowest BCUT2D eigenvalue weighted by molar-refractivity contribution is -0.282. The van der Waals surface area contributed by atoms with Gasteiger partial charge in [-0.15, -0.1) is 0 Å². The van der Waals surface area contributed by atoms with Gasteiger partial charge in [0.25, 0.3) is 0 Å². The Labute approximate surface area is 281 Å². The first-order valence-corrected chi connectivity index (χ1v) is 17.9. The van der Waals surface area contributed by atoms with Crippen LogP contribution in [0.25, 0.3) is 0 Å². The average molecular weight is 706 g/mol. The van der Waals surface area contributed by atoms with E-state index in [0.29, 0.717) is 32.2 Å². The number of phosphoric ester groups is 1. The van der Waals surface area contributed by atoms with Crippen LogP contribution in [0.4, 0.5) is 4.79 Å². The molecule has 5 N–H and O–H groups in total. The summed E-state index contributed by atoms with van der Waals surface area (Å²) in [6, 6.07) is 9.09. The van der Waals surface area contributed by atoms with E-state index in [1.54, 1.807) is 39.8 Å². The van der Waals surface area contributed by atoms with Gasteiger partial charge in [-0.3, -0.25) is 13.8 Å². The predicted molar refractivity (Wildman–Crippen MR) is 170 cm³/mol. The fourth-order valence-electron chi connectivity index (χ4n) is 5.34. The van der Waals surface area contributed by atoms with Crippen molar-refractivity contribution >= 4 is 19.9 Å². The Kier molecular flexibility index (Phi) is 16.2. The Morgan fingerprint density at radius 1 is 1.02 bits per heavy atom. The van der Waals surface area contributed by atoms with E-state index < -0.39 is 68.9 Å². The normalized spacial score (nSPS) is 28.8. The van der Waals surface area contributed by atoms with E-state index in [9.17, 15) is 34.4 Å². The molecular formula is C32H52NO14P. The lowest BCUT2D eigenvalue weighted by Gasteiger charge is -2.40. The second-order valence-electron chi connectivity index (χ2n) is 13.1. The van der Waals surface area contributed by atoms with Crippen LogP contribution in [-0.2, 0) is 48.7 Å². The molecule has 2 saturated heterocycles. The van der Waals surface area contributed by atoms with Crippen LogP contribution in [0, 0.1) is 5.92 Å². The molecule has 0 aromatic heterocycles. The maximum atomic E-state index is 12.7. The lowest BCUT2D eigenvalue weighted by Crippen LogP contribution is -2.55. The average Bonchev–Trinajstić information content (AvgIpc) is 3.40. The Morgan fingerprint density at radius 2 is 1.75 bits per heavy atom. The van der Waals surface area contributed by atoms with E-state index in [4.69, 9.17) is 32.7 Å². The second-order valence-corrected chi connectivity index (χ2v) is 14.4. The van der Waals surface area contributed by atoms with Crippen molar-refractivity contribution in [2.45, 2.75) is 121 Å². The highest BCUT2D eigenvalue weighted by Crippen LogP contribution is 2.50. The molecular weight excluding hydrogens is 653 g/mol. The summed E-state index contributed by atoms with van der Waals surface area (Å²) in [6.07, 6.45) is -4.28. The summed E-state index contributed by atoms with van der Waals surface area (Å²) >= 11 is 0. The van der Waals surface area contributed by atoms with Gasteiger partial charge in [0.05, 0.1) is 24.4 Å². The first-order chi connectivity index (χ1) is 22.7. The van der Waals surface area contributed by atoms with Gasteiger partial charge in [0.1, 0.15) is 37.6 Å². The number of phosphoric acid groups is 1. The van der Waals surface area contributed by atoms with E-state index in [0.717, 1.165) is 5.56 Å². The predicted octanol–water partition coefficient (Wildman–Crippen LogP) is 2.96. The molecule has 2 unspecified atom stereocenters. The van der Waals surface area contributed by atoms with Crippen molar-refractivity contribution in [1.29, 1.82) is 0 Å². The summed E-state index contributed by atoms with van der Waals surface area (Å²) in [5, 5.41) is 32.3. The van der Waals surface area contributed by atoms with Gasteiger partial charge >= 0.3 is 14.0 Å². The lowest BCUT2D eigenvalue weighted by atomic mass is 9.92. The number of unbranched alkanes of at least 4 members (excludes halogenated alkanes) is 1. The minimum absolute atomic E-state index is 0.0236. The van der Waals surface area contributed by atoms with Crippen molar-refractivity contribution in [3.8, 4) is 0 Å². The molecule has 2 aliphatic rings. The summed E-state index contributed by atoms with van der Waals surface area (Å²) in [6.45, 7) is 6.54. The summed E-state index contributed by atoms with van der Waals surface area (Å²) in [7, 11) is -4.46. The number of aliphatic hydroxyl groups is 3. The van der Waals surface area contributed by atoms with Crippen molar-refractivity contribution in [2.24, 2.45) is 5.92 Å². The van der Waals surface area contributed by atoms with E-state index in [2.05, 4.69) is 5.32 Å². The Bertz CT molecular complexity index is 1170. The Morgan fingerprint density at radius 3 is 2.44 bits per heavy atom. The number of ether oxygens (including phenoxy) is 5. The highest BCUT2D eigenvalue weighted by Gasteiger charge is 2.43. The molecule has 1 aromatic rings. The number of amides is 1. The third-order valence-corrected chi connectivity index (χ3v) is 9.11. The van der Waals surface area contributed by atoms with E-state index >= 15 is 0 Å². The first kappa shape index (κ1) is 40.3. The maximum absolute atomic E-state index is 12.7. The third kappa shape index (κ3) is 14.0. The summed E-state index contributed by atoms with van der Waals surface area (Å²) in [5.74, 6) is -0.614. The van der Waals surface area contributed by atoms with E-state index in [-0.39, 0.29) is 44.7 Å². The molecule has 274 valence electrons. The number of nitrogens with one attached hydrogen (secondary N) is 1. The second kappa shape index (κ2) is 19.3. The van der Waals surface area contributed by atoms with Gasteiger partial charge in [-0.05, 0) is 52.0 Å². The molecule has 1 amide bonds. The quantitative estimate of drug-likeness (QED) is 0.0846. The van der Waals surface area contributed by atoms with Crippen LogP contribution in [0.2, 0.25) is 0 Å². The monoisotopic (exact) mass is 705 g/mol. The summed E-state index contributed by atoms with van der Waals surface area (Å²) < 4.78 is 51.0. The van der Waals surface area contributed by atoms with Gasteiger partial charge in [-0.2, -0.15) is 0 Å². The molecule has 0 aliphatic carbocycles. The van der Waals surface area contributed by atoms with Gasteiger partial charge in [0.15, 0.2) is 6.29 Å². The molecule has 2 aliphatic heterocycles. The minimum Gasteiger partial charge on any atom is -0.431 e. The Balaban J connectivity index is 1.37. The van der Waals surface area contributed by atoms with Crippen LogP contribution in [0.1, 0.15) is 71.8 Å². The largest absolute Gasteiger partial charge is 0.508 e. The minimum atomic E-state index is -4.46. The molecule has 0 spiro atoms. The SMILES string of the molecule is C[C@H]1[C@H](OCCCCC(=O)NCCC[C@H]2CC(OP(=O)(O)OC(C)(C)C)[C@@H](COC(=O)OCc3ccccc3)O2)O[C@H](CO)[C@H](O)[C@@H]1O. The molecule has 3 rings (SSSR count). The molecule has 1 aromatic carbocycles. The fraction of sp³-hybridized carbons (Fsp3) is 0.750. The maximum Gasteiger partial charge on any atom is 0.508 e.